The van der Waals surface area contributed by atoms with Crippen LogP contribution in [0.3, 0.4) is 0 Å². The molecule has 8 nitrogen and oxygen atoms in total. The van der Waals surface area contributed by atoms with Crippen LogP contribution in [-0.2, 0) is 16.0 Å². The number of aromatic nitrogens is 1. The highest BCUT2D eigenvalue weighted by molar-refractivity contribution is 6.38. The lowest BCUT2D eigenvalue weighted by molar-refractivity contribution is -0.138. The third-order valence-corrected chi connectivity index (χ3v) is 5.28. The number of phenolic OH excluding ortho intramolecular Hbond substituents is 1. The van der Waals surface area contributed by atoms with Crippen molar-refractivity contribution in [2.75, 3.05) is 25.5 Å². The standard InChI is InChI=1S/C23H20Cl2FN3O5/c1-33-17(31)12-28-22-19(25)20(18(24)21(26)29-22)34-14-7-8-16(30)15(11-14)23(32)27-10-9-13-5-3-2-4-6-13/h2-8,11,30H,9-10,12H2,1H3,(H,27,32)(H,28,29). The molecule has 3 aromatic rings. The lowest BCUT2D eigenvalue weighted by Gasteiger charge is -2.14. The van der Waals surface area contributed by atoms with Gasteiger partial charge in [-0.25, -0.2) is 0 Å². The lowest BCUT2D eigenvalue weighted by Crippen LogP contribution is -2.25. The average molecular weight is 508 g/mol. The van der Waals surface area contributed by atoms with E-state index in [1.54, 1.807) is 0 Å². The zero-order chi connectivity index (χ0) is 24.7. The van der Waals surface area contributed by atoms with Crippen molar-refractivity contribution in [1.82, 2.24) is 10.3 Å². The van der Waals surface area contributed by atoms with Gasteiger partial charge in [0.25, 0.3) is 5.91 Å². The van der Waals surface area contributed by atoms with Gasteiger partial charge in [0.15, 0.2) is 11.6 Å². The van der Waals surface area contributed by atoms with Gasteiger partial charge < -0.3 is 25.2 Å². The van der Waals surface area contributed by atoms with Crippen molar-refractivity contribution in [3.05, 3.63) is 75.7 Å². The third kappa shape index (κ3) is 6.27. The number of ether oxygens (including phenoxy) is 2. The number of hydrogen-bond donors (Lipinski definition) is 3. The first-order chi connectivity index (χ1) is 16.3. The summed E-state index contributed by atoms with van der Waals surface area (Å²) in [6.07, 6.45) is 0.604. The monoisotopic (exact) mass is 507 g/mol. The second-order valence-electron chi connectivity index (χ2n) is 6.91. The molecular weight excluding hydrogens is 488 g/mol. The summed E-state index contributed by atoms with van der Waals surface area (Å²) in [5.41, 5.74) is 0.987. The molecule has 3 N–H and O–H groups in total. The summed E-state index contributed by atoms with van der Waals surface area (Å²) >= 11 is 12.2. The van der Waals surface area contributed by atoms with E-state index in [0.717, 1.165) is 5.56 Å². The van der Waals surface area contributed by atoms with Crippen molar-refractivity contribution in [2.24, 2.45) is 0 Å². The Balaban J connectivity index is 1.77. The number of hydrogen-bond acceptors (Lipinski definition) is 7. The number of phenols is 1. The summed E-state index contributed by atoms with van der Waals surface area (Å²) in [5, 5.41) is 14.7. The maximum absolute atomic E-state index is 14.2. The van der Waals surface area contributed by atoms with E-state index in [-0.39, 0.29) is 40.2 Å². The zero-order valence-corrected chi connectivity index (χ0v) is 19.4. The normalized spacial score (nSPS) is 10.5. The number of benzene rings is 2. The lowest BCUT2D eigenvalue weighted by atomic mass is 10.1. The van der Waals surface area contributed by atoms with Gasteiger partial charge in [-0.2, -0.15) is 9.37 Å². The molecular formula is C23H20Cl2FN3O5. The van der Waals surface area contributed by atoms with Crippen LogP contribution < -0.4 is 15.4 Å². The number of esters is 1. The zero-order valence-electron chi connectivity index (χ0n) is 17.9. The van der Waals surface area contributed by atoms with Crippen LogP contribution >= 0.6 is 23.2 Å². The number of halogens is 3. The summed E-state index contributed by atoms with van der Waals surface area (Å²) in [4.78, 5) is 27.5. The quantitative estimate of drug-likeness (QED) is 0.287. The van der Waals surface area contributed by atoms with Crippen LogP contribution in [0.4, 0.5) is 10.2 Å². The molecule has 1 heterocycles. The summed E-state index contributed by atoms with van der Waals surface area (Å²) < 4.78 is 24.4. The molecule has 1 aromatic heterocycles. The van der Waals surface area contributed by atoms with Crippen molar-refractivity contribution in [3.63, 3.8) is 0 Å². The summed E-state index contributed by atoms with van der Waals surface area (Å²) in [7, 11) is 1.19. The van der Waals surface area contributed by atoms with E-state index in [2.05, 4.69) is 20.4 Å². The minimum atomic E-state index is -1.09. The number of aromatic hydroxyl groups is 1. The van der Waals surface area contributed by atoms with Gasteiger partial charge in [-0.3, -0.25) is 9.59 Å². The van der Waals surface area contributed by atoms with Crippen LogP contribution in [0.25, 0.3) is 0 Å². The number of methoxy groups -OCH3 is 1. The van der Waals surface area contributed by atoms with Crippen LogP contribution in [0.15, 0.2) is 48.5 Å². The molecule has 0 bridgehead atoms. The number of anilines is 1. The number of nitrogens with one attached hydrogen (secondary N) is 2. The Kier molecular flexibility index (Phi) is 8.50. The van der Waals surface area contributed by atoms with Gasteiger partial charge in [-0.05, 0) is 30.2 Å². The first-order valence-electron chi connectivity index (χ1n) is 9.98. The first kappa shape index (κ1) is 25.1. The highest BCUT2D eigenvalue weighted by Gasteiger charge is 2.21. The first-order valence-corrected chi connectivity index (χ1v) is 10.7. The molecule has 0 fully saturated rings. The Morgan fingerprint density at radius 3 is 2.56 bits per heavy atom. The largest absolute Gasteiger partial charge is 0.507 e. The Labute approximate surface area is 204 Å². The van der Waals surface area contributed by atoms with E-state index in [9.17, 15) is 19.1 Å². The molecule has 0 spiro atoms. The van der Waals surface area contributed by atoms with E-state index in [1.807, 2.05) is 30.3 Å². The minimum Gasteiger partial charge on any atom is -0.507 e. The minimum absolute atomic E-state index is 0.0549. The van der Waals surface area contributed by atoms with E-state index in [1.165, 1.54) is 25.3 Å². The molecule has 0 saturated carbocycles. The molecule has 178 valence electrons. The Hall–Kier alpha value is -3.56. The fourth-order valence-electron chi connectivity index (χ4n) is 2.87. The van der Waals surface area contributed by atoms with Crippen molar-refractivity contribution < 1.29 is 28.6 Å². The van der Waals surface area contributed by atoms with Gasteiger partial charge in [0, 0.05) is 6.54 Å². The maximum atomic E-state index is 14.2. The third-order valence-electron chi connectivity index (χ3n) is 4.60. The summed E-state index contributed by atoms with van der Waals surface area (Å²) in [6.45, 7) is 0.0199. The van der Waals surface area contributed by atoms with Gasteiger partial charge in [-0.15, -0.1) is 0 Å². The van der Waals surface area contributed by atoms with Gasteiger partial charge >= 0.3 is 5.97 Å². The predicted molar refractivity (Wildman–Crippen MR) is 125 cm³/mol. The molecule has 1 amide bonds. The van der Waals surface area contributed by atoms with Crippen LogP contribution in [0.5, 0.6) is 17.2 Å². The highest BCUT2D eigenvalue weighted by Crippen LogP contribution is 2.41. The number of nitrogens with zero attached hydrogens (tertiary/aromatic N) is 1. The fraction of sp³-hybridized carbons (Fsp3) is 0.174. The summed E-state index contributed by atoms with van der Waals surface area (Å²) in [6, 6.07) is 13.4. The van der Waals surface area contributed by atoms with E-state index >= 15 is 0 Å². The van der Waals surface area contributed by atoms with Crippen LogP contribution in [-0.4, -0.2) is 42.2 Å². The molecule has 3 rings (SSSR count). The molecule has 0 aliphatic carbocycles. The molecule has 11 heteroatoms. The van der Waals surface area contributed by atoms with Gasteiger partial charge in [-0.1, -0.05) is 53.5 Å². The van der Waals surface area contributed by atoms with Crippen LogP contribution in [0.2, 0.25) is 10.0 Å². The van der Waals surface area contributed by atoms with Gasteiger partial charge in [0.1, 0.15) is 28.1 Å². The van der Waals surface area contributed by atoms with Crippen molar-refractivity contribution in [1.29, 1.82) is 0 Å². The molecule has 0 radical (unpaired) electrons. The predicted octanol–water partition coefficient (Wildman–Crippen LogP) is 4.58. The highest BCUT2D eigenvalue weighted by atomic mass is 35.5. The topological polar surface area (TPSA) is 110 Å². The van der Waals surface area contributed by atoms with Crippen LogP contribution in [0, 0.1) is 5.95 Å². The van der Waals surface area contributed by atoms with E-state index < -0.39 is 22.8 Å². The Bertz CT molecular complexity index is 1190. The number of carbonyl (C=O) groups is 2. The summed E-state index contributed by atoms with van der Waals surface area (Å²) in [5.74, 6) is -2.95. The molecule has 0 saturated heterocycles. The van der Waals surface area contributed by atoms with Crippen LogP contribution in [0.1, 0.15) is 15.9 Å². The van der Waals surface area contributed by atoms with Crippen molar-refractivity contribution in [3.8, 4) is 17.2 Å². The van der Waals surface area contributed by atoms with Crippen molar-refractivity contribution in [2.45, 2.75) is 6.42 Å². The smallest absolute Gasteiger partial charge is 0.325 e. The number of rotatable bonds is 9. The molecule has 0 aliphatic heterocycles. The van der Waals surface area contributed by atoms with Crippen molar-refractivity contribution >= 4 is 40.9 Å². The number of carbonyl (C=O) groups excluding carboxylic acids is 2. The Morgan fingerprint density at radius 1 is 1.12 bits per heavy atom. The second kappa shape index (κ2) is 11.5. The molecule has 2 aromatic carbocycles. The molecule has 0 unspecified atom stereocenters. The van der Waals surface area contributed by atoms with Gasteiger partial charge in [0.05, 0.1) is 12.7 Å². The SMILES string of the molecule is COC(=O)CNc1nc(F)c(Cl)c(Oc2ccc(O)c(C(=O)NCCc3ccccc3)c2)c1Cl. The molecule has 0 atom stereocenters. The van der Waals surface area contributed by atoms with E-state index in [4.69, 9.17) is 27.9 Å². The number of pyridine rings is 1. The van der Waals surface area contributed by atoms with Gasteiger partial charge in [0.2, 0.25) is 5.95 Å². The molecule has 0 aliphatic rings. The van der Waals surface area contributed by atoms with E-state index in [0.29, 0.717) is 13.0 Å². The fourth-order valence-corrected chi connectivity index (χ4v) is 3.33. The maximum Gasteiger partial charge on any atom is 0.325 e. The molecule has 34 heavy (non-hydrogen) atoms. The number of amides is 1. The average Bonchev–Trinajstić information content (AvgIpc) is 2.84. The Morgan fingerprint density at radius 2 is 1.85 bits per heavy atom. The second-order valence-corrected chi connectivity index (χ2v) is 7.67.